The standard InChI is InChI=1S/C21H18BrF3N2O2S/c1-12-4-9-16(10-17(12)21(23,24)25)26-18(29)20(3,27(13(2)28)19(26)30)11-14-5-7-15(22)8-6-14/h4-10H,11H2,1-3H3/t20-/m0/s1. The lowest BCUT2D eigenvalue weighted by atomic mass is 9.91. The first kappa shape index (κ1) is 22.4. The molecule has 0 unspecified atom stereocenters. The van der Waals surface area contributed by atoms with E-state index >= 15 is 0 Å². The minimum Gasteiger partial charge on any atom is -0.275 e. The lowest BCUT2D eigenvalue weighted by Gasteiger charge is -2.30. The number of benzene rings is 2. The zero-order valence-corrected chi connectivity index (χ0v) is 18.8. The van der Waals surface area contributed by atoms with Crippen LogP contribution in [0.4, 0.5) is 18.9 Å². The van der Waals surface area contributed by atoms with Gasteiger partial charge in [0.05, 0.1) is 11.3 Å². The molecule has 0 aliphatic carbocycles. The molecule has 0 radical (unpaired) electrons. The van der Waals surface area contributed by atoms with E-state index < -0.39 is 29.1 Å². The summed E-state index contributed by atoms with van der Waals surface area (Å²) in [6, 6.07) is 10.8. The van der Waals surface area contributed by atoms with Crippen molar-refractivity contribution in [2.45, 2.75) is 38.9 Å². The molecule has 9 heteroatoms. The number of carbonyl (C=O) groups is 2. The lowest BCUT2D eigenvalue weighted by Crippen LogP contribution is -2.50. The van der Waals surface area contributed by atoms with Crippen molar-refractivity contribution >= 4 is 50.8 Å². The second kappa shape index (κ2) is 7.77. The van der Waals surface area contributed by atoms with Crippen LogP contribution in [0.1, 0.15) is 30.5 Å². The third-order valence-electron chi connectivity index (χ3n) is 5.10. The number of thiocarbonyl (C=S) groups is 1. The number of hydrogen-bond acceptors (Lipinski definition) is 3. The molecule has 1 fully saturated rings. The van der Waals surface area contributed by atoms with Crippen molar-refractivity contribution in [3.05, 3.63) is 63.6 Å². The van der Waals surface area contributed by atoms with Gasteiger partial charge in [0.2, 0.25) is 5.91 Å². The molecule has 2 aromatic carbocycles. The molecular weight excluding hydrogens is 481 g/mol. The van der Waals surface area contributed by atoms with Crippen LogP contribution in [-0.2, 0) is 22.2 Å². The molecule has 0 saturated carbocycles. The minimum absolute atomic E-state index is 0.0197. The zero-order valence-electron chi connectivity index (χ0n) is 16.4. The highest BCUT2D eigenvalue weighted by Crippen LogP contribution is 2.39. The van der Waals surface area contributed by atoms with Gasteiger partial charge in [-0.05, 0) is 61.5 Å². The molecule has 2 aromatic rings. The predicted octanol–water partition coefficient (Wildman–Crippen LogP) is 5.26. The van der Waals surface area contributed by atoms with Gasteiger partial charge in [-0.1, -0.05) is 34.1 Å². The third-order valence-corrected chi connectivity index (χ3v) is 5.99. The van der Waals surface area contributed by atoms with E-state index in [0.717, 1.165) is 21.0 Å². The fourth-order valence-electron chi connectivity index (χ4n) is 3.65. The van der Waals surface area contributed by atoms with Crippen LogP contribution in [0.5, 0.6) is 0 Å². The molecule has 1 aliphatic heterocycles. The summed E-state index contributed by atoms with van der Waals surface area (Å²) in [5.41, 5.74) is -1.42. The number of halogens is 4. The second-order valence-electron chi connectivity index (χ2n) is 7.35. The van der Waals surface area contributed by atoms with E-state index in [1.54, 1.807) is 19.1 Å². The van der Waals surface area contributed by atoms with Crippen LogP contribution < -0.4 is 4.90 Å². The Balaban J connectivity index is 2.08. The number of aryl methyl sites for hydroxylation is 1. The number of amides is 2. The Labute approximate surface area is 185 Å². The first-order chi connectivity index (χ1) is 13.9. The van der Waals surface area contributed by atoms with E-state index in [1.807, 2.05) is 12.1 Å². The summed E-state index contributed by atoms with van der Waals surface area (Å²) in [7, 11) is 0. The molecule has 0 aromatic heterocycles. The number of hydrogen-bond donors (Lipinski definition) is 0. The summed E-state index contributed by atoms with van der Waals surface area (Å²) in [6.07, 6.45) is -4.42. The van der Waals surface area contributed by atoms with E-state index in [2.05, 4.69) is 15.9 Å². The van der Waals surface area contributed by atoms with E-state index in [9.17, 15) is 22.8 Å². The SMILES string of the molecule is CC(=O)N1C(=S)N(c2ccc(C)c(C(F)(F)F)c2)C(=O)[C@]1(C)Cc1ccc(Br)cc1. The summed E-state index contributed by atoms with van der Waals surface area (Å²) >= 11 is 8.72. The van der Waals surface area contributed by atoms with Gasteiger partial charge >= 0.3 is 6.18 Å². The van der Waals surface area contributed by atoms with Crippen LogP contribution in [0.2, 0.25) is 0 Å². The van der Waals surface area contributed by atoms with Gasteiger partial charge in [-0.25, -0.2) is 0 Å². The molecule has 3 rings (SSSR count). The Hall–Kier alpha value is -2.26. The maximum absolute atomic E-state index is 13.4. The Morgan fingerprint density at radius 3 is 2.30 bits per heavy atom. The van der Waals surface area contributed by atoms with Gasteiger partial charge in [-0.3, -0.25) is 19.4 Å². The van der Waals surface area contributed by atoms with Crippen molar-refractivity contribution < 1.29 is 22.8 Å². The highest BCUT2D eigenvalue weighted by molar-refractivity contribution is 9.10. The minimum atomic E-state index is -4.58. The molecule has 0 bridgehead atoms. The van der Waals surface area contributed by atoms with Crippen molar-refractivity contribution in [2.24, 2.45) is 0 Å². The first-order valence-electron chi connectivity index (χ1n) is 8.98. The molecule has 2 amide bonds. The smallest absolute Gasteiger partial charge is 0.275 e. The molecule has 158 valence electrons. The summed E-state index contributed by atoms with van der Waals surface area (Å²) in [6.45, 7) is 4.19. The van der Waals surface area contributed by atoms with Crippen LogP contribution in [-0.4, -0.2) is 27.4 Å². The van der Waals surface area contributed by atoms with Gasteiger partial charge in [0, 0.05) is 17.8 Å². The number of nitrogens with zero attached hydrogens (tertiary/aromatic N) is 2. The predicted molar refractivity (Wildman–Crippen MR) is 115 cm³/mol. The molecular formula is C21H18BrF3N2O2S. The highest BCUT2D eigenvalue weighted by atomic mass is 79.9. The van der Waals surface area contributed by atoms with Crippen molar-refractivity contribution in [1.82, 2.24) is 4.90 Å². The Morgan fingerprint density at radius 1 is 1.17 bits per heavy atom. The topological polar surface area (TPSA) is 40.6 Å². The van der Waals surface area contributed by atoms with E-state index in [0.29, 0.717) is 0 Å². The van der Waals surface area contributed by atoms with Crippen molar-refractivity contribution in [3.8, 4) is 0 Å². The van der Waals surface area contributed by atoms with Gasteiger partial charge in [0.25, 0.3) is 5.91 Å². The van der Waals surface area contributed by atoms with Gasteiger partial charge < -0.3 is 0 Å². The zero-order chi connectivity index (χ0) is 22.4. The maximum Gasteiger partial charge on any atom is 0.416 e. The van der Waals surface area contributed by atoms with E-state index in [4.69, 9.17) is 12.2 Å². The van der Waals surface area contributed by atoms with E-state index in [-0.39, 0.29) is 22.8 Å². The number of carbonyl (C=O) groups excluding carboxylic acids is 2. The number of alkyl halides is 3. The Morgan fingerprint density at radius 2 is 1.77 bits per heavy atom. The van der Waals surface area contributed by atoms with Crippen molar-refractivity contribution in [1.29, 1.82) is 0 Å². The summed E-state index contributed by atoms with van der Waals surface area (Å²) in [5, 5.41) is -0.135. The summed E-state index contributed by atoms with van der Waals surface area (Å²) < 4.78 is 41.0. The number of anilines is 1. The first-order valence-corrected chi connectivity index (χ1v) is 10.2. The molecule has 1 saturated heterocycles. The molecule has 30 heavy (non-hydrogen) atoms. The fourth-order valence-corrected chi connectivity index (χ4v) is 4.44. The monoisotopic (exact) mass is 498 g/mol. The molecule has 1 heterocycles. The molecule has 4 nitrogen and oxygen atoms in total. The summed E-state index contributed by atoms with van der Waals surface area (Å²) in [5.74, 6) is -1.01. The van der Waals surface area contributed by atoms with Crippen LogP contribution >= 0.6 is 28.1 Å². The average molecular weight is 499 g/mol. The van der Waals surface area contributed by atoms with Crippen molar-refractivity contribution in [2.75, 3.05) is 4.90 Å². The van der Waals surface area contributed by atoms with Gasteiger partial charge in [0.1, 0.15) is 5.54 Å². The Kier molecular flexibility index (Phi) is 5.81. The summed E-state index contributed by atoms with van der Waals surface area (Å²) in [4.78, 5) is 28.0. The fraction of sp³-hybridized carbons (Fsp3) is 0.286. The van der Waals surface area contributed by atoms with Gasteiger partial charge in [-0.15, -0.1) is 0 Å². The maximum atomic E-state index is 13.4. The third kappa shape index (κ3) is 3.88. The quantitative estimate of drug-likeness (QED) is 0.542. The van der Waals surface area contributed by atoms with Crippen LogP contribution in [0.25, 0.3) is 0 Å². The van der Waals surface area contributed by atoms with Gasteiger partial charge in [0.15, 0.2) is 5.11 Å². The van der Waals surface area contributed by atoms with E-state index in [1.165, 1.54) is 30.9 Å². The highest BCUT2D eigenvalue weighted by Gasteiger charge is 2.54. The van der Waals surface area contributed by atoms with Crippen LogP contribution in [0.3, 0.4) is 0 Å². The molecule has 1 aliphatic rings. The average Bonchev–Trinajstić information content (AvgIpc) is 2.82. The normalized spacial score (nSPS) is 19.6. The molecule has 1 atom stereocenters. The molecule has 0 spiro atoms. The van der Waals surface area contributed by atoms with Gasteiger partial charge in [-0.2, -0.15) is 13.2 Å². The van der Waals surface area contributed by atoms with Crippen LogP contribution in [0, 0.1) is 6.92 Å². The largest absolute Gasteiger partial charge is 0.416 e. The molecule has 0 N–H and O–H groups in total. The van der Waals surface area contributed by atoms with Crippen molar-refractivity contribution in [3.63, 3.8) is 0 Å². The lowest BCUT2D eigenvalue weighted by molar-refractivity contribution is -0.138. The second-order valence-corrected chi connectivity index (χ2v) is 8.63. The van der Waals surface area contributed by atoms with Crippen LogP contribution in [0.15, 0.2) is 46.9 Å². The number of rotatable bonds is 3. The Bertz CT molecular complexity index is 1040.